The van der Waals surface area contributed by atoms with Crippen molar-refractivity contribution < 1.29 is 9.53 Å². The van der Waals surface area contributed by atoms with E-state index in [2.05, 4.69) is 5.32 Å². The summed E-state index contributed by atoms with van der Waals surface area (Å²) in [4.78, 5) is 12.7. The van der Waals surface area contributed by atoms with E-state index in [4.69, 9.17) is 10.5 Å². The van der Waals surface area contributed by atoms with Gasteiger partial charge in [0.25, 0.3) is 0 Å². The van der Waals surface area contributed by atoms with Gasteiger partial charge in [0.2, 0.25) is 0 Å². The zero-order valence-corrected chi connectivity index (χ0v) is 13.3. The lowest BCUT2D eigenvalue weighted by molar-refractivity contribution is 0.0871. The predicted molar refractivity (Wildman–Crippen MR) is 84.9 cm³/mol. The van der Waals surface area contributed by atoms with Crippen LogP contribution in [0.4, 0.5) is 10.7 Å². The fourth-order valence-corrected chi connectivity index (χ4v) is 3.44. The van der Waals surface area contributed by atoms with Gasteiger partial charge < -0.3 is 15.8 Å². The number of rotatable bonds is 8. The zero-order chi connectivity index (χ0) is 14.7. The van der Waals surface area contributed by atoms with E-state index in [1.54, 1.807) is 0 Å². The second-order valence-corrected chi connectivity index (χ2v) is 6.51. The standard InChI is InChI=1S/C15H24N2O2S/c1-4-11(18)14-13(16)12(10-5-6-10)15(20-14)17-7-8-19-9(2)3/h9-10,17H,4-8,16H2,1-3H3. The van der Waals surface area contributed by atoms with Crippen LogP contribution in [0.25, 0.3) is 0 Å². The number of hydrogen-bond donors (Lipinski definition) is 2. The number of ether oxygens (including phenoxy) is 1. The van der Waals surface area contributed by atoms with Crippen molar-refractivity contribution in [2.75, 3.05) is 24.2 Å². The molecule has 2 rings (SSSR count). The number of nitrogens with two attached hydrogens (primary N) is 1. The maximum absolute atomic E-state index is 11.9. The Balaban J connectivity index is 2.08. The third-order valence-electron chi connectivity index (χ3n) is 3.38. The first-order valence-electron chi connectivity index (χ1n) is 7.35. The van der Waals surface area contributed by atoms with Crippen molar-refractivity contribution in [2.24, 2.45) is 0 Å². The zero-order valence-electron chi connectivity index (χ0n) is 12.5. The van der Waals surface area contributed by atoms with E-state index < -0.39 is 0 Å². The molecule has 0 unspecified atom stereocenters. The third kappa shape index (κ3) is 3.52. The number of carbonyl (C=O) groups excluding carboxylic acids is 1. The molecule has 1 heterocycles. The number of nitrogens with one attached hydrogen (secondary N) is 1. The normalized spacial score (nSPS) is 14.8. The van der Waals surface area contributed by atoms with Crippen LogP contribution in [-0.2, 0) is 4.74 Å². The Hall–Kier alpha value is -1.07. The Morgan fingerprint density at radius 1 is 1.50 bits per heavy atom. The van der Waals surface area contributed by atoms with Gasteiger partial charge in [-0.1, -0.05) is 6.92 Å². The molecule has 112 valence electrons. The lowest BCUT2D eigenvalue weighted by atomic mass is 10.1. The Labute approximate surface area is 124 Å². The minimum atomic E-state index is 0.140. The maximum Gasteiger partial charge on any atom is 0.174 e. The highest BCUT2D eigenvalue weighted by molar-refractivity contribution is 7.18. The van der Waals surface area contributed by atoms with Crippen LogP contribution in [-0.4, -0.2) is 25.0 Å². The van der Waals surface area contributed by atoms with Crippen LogP contribution < -0.4 is 11.1 Å². The van der Waals surface area contributed by atoms with Gasteiger partial charge in [0.05, 0.1) is 28.3 Å². The summed E-state index contributed by atoms with van der Waals surface area (Å²) >= 11 is 1.50. The molecule has 1 saturated carbocycles. The van der Waals surface area contributed by atoms with Crippen LogP contribution in [0, 0.1) is 0 Å². The predicted octanol–water partition coefficient (Wildman–Crippen LogP) is 3.64. The molecule has 0 radical (unpaired) electrons. The topological polar surface area (TPSA) is 64.3 Å². The Kier molecular flexibility index (Phi) is 5.05. The number of hydrogen-bond acceptors (Lipinski definition) is 5. The second-order valence-electron chi connectivity index (χ2n) is 5.48. The summed E-state index contributed by atoms with van der Waals surface area (Å²) in [5.41, 5.74) is 8.06. The van der Waals surface area contributed by atoms with Gasteiger partial charge in [-0.25, -0.2) is 0 Å². The number of Topliss-reactive ketones (excluding diaryl/α,β-unsaturated/α-hetero) is 1. The van der Waals surface area contributed by atoms with Crippen LogP contribution in [0.5, 0.6) is 0 Å². The fraction of sp³-hybridized carbons (Fsp3) is 0.667. The Morgan fingerprint density at radius 3 is 2.75 bits per heavy atom. The molecular weight excluding hydrogens is 272 g/mol. The van der Waals surface area contributed by atoms with Crippen LogP contribution >= 0.6 is 11.3 Å². The lowest BCUT2D eigenvalue weighted by Crippen LogP contribution is -2.13. The van der Waals surface area contributed by atoms with Gasteiger partial charge in [-0.2, -0.15) is 0 Å². The highest BCUT2D eigenvalue weighted by atomic mass is 32.1. The molecule has 0 bridgehead atoms. The second kappa shape index (κ2) is 6.59. The van der Waals surface area contributed by atoms with Crippen LogP contribution in [0.1, 0.15) is 61.2 Å². The maximum atomic E-state index is 11.9. The number of thiophene rings is 1. The summed E-state index contributed by atoms with van der Waals surface area (Å²) in [6.07, 6.45) is 3.10. The van der Waals surface area contributed by atoms with Gasteiger partial charge >= 0.3 is 0 Å². The monoisotopic (exact) mass is 296 g/mol. The van der Waals surface area contributed by atoms with Crippen molar-refractivity contribution in [3.63, 3.8) is 0 Å². The van der Waals surface area contributed by atoms with Gasteiger partial charge in [-0.15, -0.1) is 11.3 Å². The van der Waals surface area contributed by atoms with Gasteiger partial charge in [0, 0.05) is 18.5 Å². The molecule has 5 heteroatoms. The Bertz CT molecular complexity index is 478. The highest BCUT2D eigenvalue weighted by Gasteiger charge is 2.32. The van der Waals surface area contributed by atoms with Crippen LogP contribution in [0.15, 0.2) is 0 Å². The SMILES string of the molecule is CCC(=O)c1sc(NCCOC(C)C)c(C2CC2)c1N. The molecule has 0 saturated heterocycles. The van der Waals surface area contributed by atoms with Gasteiger partial charge in [-0.05, 0) is 32.6 Å². The van der Waals surface area contributed by atoms with E-state index >= 15 is 0 Å². The molecule has 0 spiro atoms. The van der Waals surface area contributed by atoms with Gasteiger partial charge in [0.15, 0.2) is 5.78 Å². The van der Waals surface area contributed by atoms with E-state index in [0.29, 0.717) is 24.6 Å². The van der Waals surface area contributed by atoms with E-state index in [0.717, 1.165) is 22.0 Å². The van der Waals surface area contributed by atoms with E-state index in [-0.39, 0.29) is 11.9 Å². The first-order chi connectivity index (χ1) is 9.54. The summed E-state index contributed by atoms with van der Waals surface area (Å²) < 4.78 is 5.53. The molecule has 1 aromatic heterocycles. The number of ketones is 1. The summed E-state index contributed by atoms with van der Waals surface area (Å²) in [6, 6.07) is 0. The Morgan fingerprint density at radius 2 is 2.20 bits per heavy atom. The molecule has 0 amide bonds. The first-order valence-corrected chi connectivity index (χ1v) is 8.17. The molecule has 1 aromatic rings. The van der Waals surface area contributed by atoms with E-state index in [1.807, 2.05) is 20.8 Å². The minimum absolute atomic E-state index is 0.140. The highest BCUT2D eigenvalue weighted by Crippen LogP contribution is 2.50. The minimum Gasteiger partial charge on any atom is -0.397 e. The third-order valence-corrected chi connectivity index (χ3v) is 4.60. The van der Waals surface area contributed by atoms with Crippen LogP contribution in [0.3, 0.4) is 0 Å². The molecule has 0 aliphatic heterocycles. The van der Waals surface area contributed by atoms with Crippen molar-refractivity contribution in [3.8, 4) is 0 Å². The summed E-state index contributed by atoms with van der Waals surface area (Å²) in [7, 11) is 0. The number of anilines is 2. The molecule has 20 heavy (non-hydrogen) atoms. The average Bonchev–Trinajstić information content (AvgIpc) is 3.18. The fourth-order valence-electron chi connectivity index (χ4n) is 2.19. The molecule has 1 aliphatic carbocycles. The largest absolute Gasteiger partial charge is 0.397 e. The molecule has 1 fully saturated rings. The van der Waals surface area contributed by atoms with Crippen molar-refractivity contribution >= 4 is 27.8 Å². The van der Waals surface area contributed by atoms with Gasteiger partial charge in [0.1, 0.15) is 0 Å². The van der Waals surface area contributed by atoms with E-state index in [9.17, 15) is 4.79 Å². The molecule has 0 atom stereocenters. The summed E-state index contributed by atoms with van der Waals surface area (Å²) in [5.74, 6) is 0.680. The smallest absolute Gasteiger partial charge is 0.174 e. The van der Waals surface area contributed by atoms with E-state index in [1.165, 1.54) is 24.2 Å². The number of nitrogen functional groups attached to an aromatic ring is 1. The molecule has 3 N–H and O–H groups in total. The summed E-state index contributed by atoms with van der Waals surface area (Å²) in [5, 5.41) is 4.46. The molecule has 1 aliphatic rings. The molecular formula is C15H24N2O2S. The van der Waals surface area contributed by atoms with Gasteiger partial charge in [-0.3, -0.25) is 4.79 Å². The van der Waals surface area contributed by atoms with Crippen molar-refractivity contribution in [1.29, 1.82) is 0 Å². The first kappa shape index (κ1) is 15.3. The van der Waals surface area contributed by atoms with Crippen molar-refractivity contribution in [3.05, 3.63) is 10.4 Å². The number of carbonyl (C=O) groups is 1. The van der Waals surface area contributed by atoms with Crippen LogP contribution in [0.2, 0.25) is 0 Å². The van der Waals surface area contributed by atoms with Crippen molar-refractivity contribution in [1.82, 2.24) is 0 Å². The molecule has 4 nitrogen and oxygen atoms in total. The quantitative estimate of drug-likeness (QED) is 0.568. The average molecular weight is 296 g/mol. The summed E-state index contributed by atoms with van der Waals surface area (Å²) in [6.45, 7) is 7.34. The van der Waals surface area contributed by atoms with Crippen molar-refractivity contribution in [2.45, 2.75) is 52.1 Å². The molecule has 0 aromatic carbocycles. The lowest BCUT2D eigenvalue weighted by Gasteiger charge is -2.10.